The summed E-state index contributed by atoms with van der Waals surface area (Å²) in [7, 11) is 0.545. The number of sulfonamides is 1. The Labute approximate surface area is 121 Å². The van der Waals surface area contributed by atoms with Crippen molar-refractivity contribution in [2.75, 3.05) is 27.2 Å². The molecule has 1 aromatic rings. The van der Waals surface area contributed by atoms with Crippen molar-refractivity contribution in [3.8, 4) is 0 Å². The van der Waals surface area contributed by atoms with Crippen LogP contribution in [-0.4, -0.2) is 50.8 Å². The van der Waals surface area contributed by atoms with Gasteiger partial charge in [0.15, 0.2) is 0 Å². The molecule has 2 N–H and O–H groups in total. The second-order valence-corrected chi connectivity index (χ2v) is 7.34. The minimum Gasteiger partial charge on any atom is -0.326 e. The molecule has 2 rings (SSSR count). The molecule has 0 saturated carbocycles. The first kappa shape index (κ1) is 15.4. The summed E-state index contributed by atoms with van der Waals surface area (Å²) in [6.07, 6.45) is 1.93. The topological polar surface area (TPSA) is 66.6 Å². The fourth-order valence-corrected chi connectivity index (χ4v) is 4.37. The number of benzene rings is 1. The monoisotopic (exact) mass is 297 g/mol. The van der Waals surface area contributed by atoms with Crippen LogP contribution in [0.5, 0.6) is 0 Å². The third-order valence-electron chi connectivity index (χ3n) is 3.90. The molecule has 0 aromatic heterocycles. The Morgan fingerprint density at radius 1 is 1.35 bits per heavy atom. The fraction of sp³-hybridized carbons (Fsp3) is 0.571. The van der Waals surface area contributed by atoms with Gasteiger partial charge in [-0.2, -0.15) is 4.31 Å². The van der Waals surface area contributed by atoms with Crippen molar-refractivity contribution in [1.29, 1.82) is 0 Å². The minimum absolute atomic E-state index is 0.236. The maximum atomic E-state index is 12.8. The highest BCUT2D eigenvalue weighted by Crippen LogP contribution is 2.24. The number of nitrogens with two attached hydrogens (primary N) is 1. The fourth-order valence-electron chi connectivity index (χ4n) is 2.62. The summed E-state index contributed by atoms with van der Waals surface area (Å²) in [6.45, 7) is 1.38. The van der Waals surface area contributed by atoms with Gasteiger partial charge in [-0.3, -0.25) is 0 Å². The summed E-state index contributed by atoms with van der Waals surface area (Å²) in [6, 6.07) is 7.28. The largest absolute Gasteiger partial charge is 0.326 e. The van der Waals surface area contributed by atoms with Gasteiger partial charge in [0.2, 0.25) is 10.0 Å². The molecule has 0 amide bonds. The zero-order valence-corrected chi connectivity index (χ0v) is 12.9. The molecule has 1 atom stereocenters. The lowest BCUT2D eigenvalue weighted by Gasteiger charge is -2.35. The normalized spacial score (nSPS) is 21.3. The van der Waals surface area contributed by atoms with E-state index in [2.05, 4.69) is 4.90 Å². The maximum Gasteiger partial charge on any atom is 0.243 e. The van der Waals surface area contributed by atoms with Crippen LogP contribution in [0.1, 0.15) is 18.4 Å². The smallest absolute Gasteiger partial charge is 0.243 e. The summed E-state index contributed by atoms with van der Waals surface area (Å²) in [5, 5.41) is 0. The van der Waals surface area contributed by atoms with Crippen molar-refractivity contribution in [2.45, 2.75) is 30.3 Å². The summed E-state index contributed by atoms with van der Waals surface area (Å²) in [5.41, 5.74) is 6.34. The lowest BCUT2D eigenvalue weighted by molar-refractivity contribution is 0.190. The zero-order chi connectivity index (χ0) is 14.8. The van der Waals surface area contributed by atoms with Crippen molar-refractivity contribution < 1.29 is 8.42 Å². The van der Waals surface area contributed by atoms with Gasteiger partial charge >= 0.3 is 0 Å². The molecule has 6 heteroatoms. The molecule has 20 heavy (non-hydrogen) atoms. The quantitative estimate of drug-likeness (QED) is 0.895. The molecule has 1 fully saturated rings. The Morgan fingerprint density at radius 3 is 2.70 bits per heavy atom. The first-order valence-corrected chi connectivity index (χ1v) is 8.35. The average molecular weight is 297 g/mol. The number of hydrogen-bond acceptors (Lipinski definition) is 4. The minimum atomic E-state index is -3.44. The Hall–Kier alpha value is -0.950. The molecule has 0 spiro atoms. The van der Waals surface area contributed by atoms with E-state index < -0.39 is 10.0 Å². The lowest BCUT2D eigenvalue weighted by Crippen LogP contribution is -2.47. The Balaban J connectivity index is 2.30. The third-order valence-corrected chi connectivity index (χ3v) is 5.87. The lowest BCUT2D eigenvalue weighted by atomic mass is 10.1. The van der Waals surface area contributed by atoms with Crippen LogP contribution in [0.4, 0.5) is 0 Å². The predicted molar refractivity (Wildman–Crippen MR) is 79.8 cm³/mol. The van der Waals surface area contributed by atoms with Gasteiger partial charge in [0, 0.05) is 25.7 Å². The van der Waals surface area contributed by atoms with Crippen LogP contribution in [0.2, 0.25) is 0 Å². The van der Waals surface area contributed by atoms with Gasteiger partial charge in [0.1, 0.15) is 0 Å². The molecule has 5 nitrogen and oxygen atoms in total. The number of nitrogens with zero attached hydrogens (tertiary/aromatic N) is 2. The van der Waals surface area contributed by atoms with Gasteiger partial charge in [-0.1, -0.05) is 18.2 Å². The van der Waals surface area contributed by atoms with Gasteiger partial charge in [-0.05, 0) is 38.6 Å². The van der Waals surface area contributed by atoms with Crippen molar-refractivity contribution in [1.82, 2.24) is 9.21 Å². The van der Waals surface area contributed by atoms with Crippen LogP contribution in [0.25, 0.3) is 0 Å². The van der Waals surface area contributed by atoms with E-state index in [9.17, 15) is 8.42 Å². The molecule has 1 saturated heterocycles. The molecule has 1 aromatic carbocycles. The van der Waals surface area contributed by atoms with Crippen molar-refractivity contribution in [3.63, 3.8) is 0 Å². The molecule has 1 unspecified atom stereocenters. The van der Waals surface area contributed by atoms with E-state index in [1.165, 1.54) is 0 Å². The van der Waals surface area contributed by atoms with Crippen molar-refractivity contribution >= 4 is 10.0 Å². The molecular formula is C14H23N3O2S. The second kappa shape index (κ2) is 6.22. The molecule has 0 bridgehead atoms. The highest BCUT2D eigenvalue weighted by atomic mass is 32.2. The van der Waals surface area contributed by atoms with Crippen molar-refractivity contribution in [2.24, 2.45) is 5.73 Å². The van der Waals surface area contributed by atoms with E-state index in [0.717, 1.165) is 12.8 Å². The first-order valence-electron chi connectivity index (χ1n) is 6.91. The van der Waals surface area contributed by atoms with Crippen LogP contribution in [0.3, 0.4) is 0 Å². The van der Waals surface area contributed by atoms with E-state index in [1.54, 1.807) is 22.5 Å². The Bertz CT molecular complexity index is 557. The van der Waals surface area contributed by atoms with Crippen LogP contribution in [-0.2, 0) is 16.6 Å². The molecule has 112 valence electrons. The number of piperidine rings is 1. The van der Waals surface area contributed by atoms with E-state index in [-0.39, 0.29) is 12.6 Å². The molecule has 0 radical (unpaired) electrons. The molecule has 1 aliphatic heterocycles. The van der Waals surface area contributed by atoms with Crippen LogP contribution < -0.4 is 5.73 Å². The van der Waals surface area contributed by atoms with Gasteiger partial charge in [-0.15, -0.1) is 0 Å². The summed E-state index contributed by atoms with van der Waals surface area (Å²) >= 11 is 0. The van der Waals surface area contributed by atoms with Gasteiger partial charge in [0.25, 0.3) is 0 Å². The number of rotatable bonds is 4. The van der Waals surface area contributed by atoms with Gasteiger partial charge < -0.3 is 10.6 Å². The SMILES string of the molecule is CN(C)C1CCCN(S(=O)(=O)c2ccccc2CN)C1. The maximum absolute atomic E-state index is 12.8. The number of hydrogen-bond donors (Lipinski definition) is 1. The Kier molecular flexibility index (Phi) is 4.80. The molecule has 1 aliphatic rings. The van der Waals surface area contributed by atoms with Crippen LogP contribution in [0.15, 0.2) is 29.2 Å². The first-order chi connectivity index (χ1) is 9.46. The third kappa shape index (κ3) is 3.03. The second-order valence-electron chi connectivity index (χ2n) is 5.43. The standard InChI is InChI=1S/C14H23N3O2S/c1-16(2)13-7-5-9-17(11-13)20(18,19)14-8-4-3-6-12(14)10-15/h3-4,6,8,13H,5,7,9-11,15H2,1-2H3. The van der Waals surface area contributed by atoms with E-state index in [4.69, 9.17) is 5.73 Å². The van der Waals surface area contributed by atoms with Crippen LogP contribution in [0, 0.1) is 0 Å². The summed E-state index contributed by atoms with van der Waals surface area (Å²) in [4.78, 5) is 2.44. The highest BCUT2D eigenvalue weighted by molar-refractivity contribution is 7.89. The van der Waals surface area contributed by atoms with E-state index in [0.29, 0.717) is 23.5 Å². The predicted octanol–water partition coefficient (Wildman–Crippen LogP) is 0.860. The van der Waals surface area contributed by atoms with Crippen molar-refractivity contribution in [3.05, 3.63) is 29.8 Å². The van der Waals surface area contributed by atoms with E-state index >= 15 is 0 Å². The Morgan fingerprint density at radius 2 is 2.05 bits per heavy atom. The van der Waals surface area contributed by atoms with Gasteiger partial charge in [0.05, 0.1) is 4.90 Å². The summed E-state index contributed by atoms with van der Waals surface area (Å²) in [5.74, 6) is 0. The molecular weight excluding hydrogens is 274 g/mol. The van der Waals surface area contributed by atoms with E-state index in [1.807, 2.05) is 20.2 Å². The molecule has 0 aliphatic carbocycles. The highest BCUT2D eigenvalue weighted by Gasteiger charge is 2.31. The number of likely N-dealkylation sites (N-methyl/N-ethyl adjacent to an activating group) is 1. The average Bonchev–Trinajstić information content (AvgIpc) is 2.47. The van der Waals surface area contributed by atoms with Gasteiger partial charge in [-0.25, -0.2) is 8.42 Å². The molecule has 1 heterocycles. The van der Waals surface area contributed by atoms with Crippen LogP contribution >= 0.6 is 0 Å². The zero-order valence-electron chi connectivity index (χ0n) is 12.1. The summed E-state index contributed by atoms with van der Waals surface area (Å²) < 4.78 is 27.2.